The average molecular weight is 372 g/mol. The van der Waals surface area contributed by atoms with Crippen molar-refractivity contribution in [3.05, 3.63) is 36.5 Å². The van der Waals surface area contributed by atoms with E-state index in [0.717, 1.165) is 12.8 Å². The molecule has 0 spiro atoms. The van der Waals surface area contributed by atoms with Crippen LogP contribution in [-0.4, -0.2) is 53.4 Å². The largest absolute Gasteiger partial charge is 0.495 e. The van der Waals surface area contributed by atoms with Crippen molar-refractivity contribution in [3.63, 3.8) is 0 Å². The van der Waals surface area contributed by atoms with Crippen LogP contribution in [0.15, 0.2) is 36.5 Å². The van der Waals surface area contributed by atoms with Crippen molar-refractivity contribution in [1.82, 2.24) is 14.7 Å². The second-order valence-electron chi connectivity index (χ2n) is 6.26. The Labute approximate surface area is 157 Å². The lowest BCUT2D eigenvalue weighted by Gasteiger charge is -2.32. The van der Waals surface area contributed by atoms with Gasteiger partial charge in [0.25, 0.3) is 0 Å². The van der Waals surface area contributed by atoms with Crippen molar-refractivity contribution in [2.75, 3.05) is 37.4 Å². The molecular formula is C18H24N6O3. The summed E-state index contributed by atoms with van der Waals surface area (Å²) in [7, 11) is 1.55. The minimum absolute atomic E-state index is 0.0301. The molecule has 1 saturated heterocycles. The number of nitrogens with zero attached hydrogens (tertiary/aromatic N) is 3. The fraction of sp³-hybridized carbons (Fsp3) is 0.389. The van der Waals surface area contributed by atoms with Crippen molar-refractivity contribution < 1.29 is 14.3 Å². The van der Waals surface area contributed by atoms with E-state index in [0.29, 0.717) is 30.3 Å². The smallest absolute Gasteiger partial charge is 0.324 e. The van der Waals surface area contributed by atoms with Crippen LogP contribution in [0.5, 0.6) is 5.75 Å². The van der Waals surface area contributed by atoms with E-state index in [4.69, 9.17) is 10.5 Å². The van der Waals surface area contributed by atoms with Crippen LogP contribution < -0.4 is 21.1 Å². The number of benzene rings is 1. The van der Waals surface area contributed by atoms with Crippen LogP contribution in [0.3, 0.4) is 0 Å². The van der Waals surface area contributed by atoms with Crippen LogP contribution in [0.4, 0.5) is 16.3 Å². The Kier molecular flexibility index (Phi) is 5.92. The van der Waals surface area contributed by atoms with Gasteiger partial charge in [-0.2, -0.15) is 5.10 Å². The molecular weight excluding hydrogens is 348 g/mol. The first-order valence-electron chi connectivity index (χ1n) is 8.84. The highest BCUT2D eigenvalue weighted by molar-refractivity contribution is 6.00. The predicted octanol–water partition coefficient (Wildman–Crippen LogP) is 1.66. The topological polar surface area (TPSA) is 115 Å². The predicted molar refractivity (Wildman–Crippen MR) is 102 cm³/mol. The van der Waals surface area contributed by atoms with Gasteiger partial charge in [0, 0.05) is 19.2 Å². The van der Waals surface area contributed by atoms with Gasteiger partial charge in [-0.3, -0.25) is 10.1 Å². The van der Waals surface area contributed by atoms with Gasteiger partial charge in [-0.05, 0) is 25.0 Å². The van der Waals surface area contributed by atoms with Crippen LogP contribution in [0.2, 0.25) is 0 Å². The fourth-order valence-electron chi connectivity index (χ4n) is 3.21. The first kappa shape index (κ1) is 18.7. The molecule has 2 aromatic rings. The zero-order valence-electron chi connectivity index (χ0n) is 15.2. The molecule has 0 bridgehead atoms. The molecule has 0 aliphatic carbocycles. The molecule has 1 aliphatic rings. The number of rotatable bonds is 5. The third-order valence-electron chi connectivity index (χ3n) is 4.60. The van der Waals surface area contributed by atoms with Gasteiger partial charge in [0.15, 0.2) is 0 Å². The zero-order valence-corrected chi connectivity index (χ0v) is 15.2. The fourth-order valence-corrected chi connectivity index (χ4v) is 3.21. The Bertz CT molecular complexity index is 798. The van der Waals surface area contributed by atoms with Gasteiger partial charge in [0.05, 0.1) is 31.6 Å². The molecule has 1 fully saturated rings. The molecule has 0 radical (unpaired) electrons. The highest BCUT2D eigenvalue weighted by Crippen LogP contribution is 2.26. The number of likely N-dealkylation sites (tertiary alicyclic amines) is 1. The molecule has 1 aromatic heterocycles. The van der Waals surface area contributed by atoms with Crippen molar-refractivity contribution in [2.24, 2.45) is 5.73 Å². The first-order valence-corrected chi connectivity index (χ1v) is 8.84. The molecule has 144 valence electrons. The minimum Gasteiger partial charge on any atom is -0.495 e. The van der Waals surface area contributed by atoms with E-state index in [1.807, 2.05) is 12.1 Å². The van der Waals surface area contributed by atoms with Gasteiger partial charge in [0.2, 0.25) is 5.91 Å². The lowest BCUT2D eigenvalue weighted by molar-refractivity contribution is -0.130. The maximum absolute atomic E-state index is 12.4. The summed E-state index contributed by atoms with van der Waals surface area (Å²) in [6.07, 6.45) is 3.17. The van der Waals surface area contributed by atoms with Gasteiger partial charge in [-0.15, -0.1) is 0 Å². The quantitative estimate of drug-likeness (QED) is 0.738. The van der Waals surface area contributed by atoms with Gasteiger partial charge in [-0.25, -0.2) is 9.48 Å². The molecule has 9 heteroatoms. The number of ether oxygens (including phenoxy) is 1. The van der Waals surface area contributed by atoms with Gasteiger partial charge in [0.1, 0.15) is 11.6 Å². The second kappa shape index (κ2) is 8.54. The van der Waals surface area contributed by atoms with Crippen molar-refractivity contribution >= 4 is 23.4 Å². The Hall–Kier alpha value is -3.07. The zero-order chi connectivity index (χ0) is 19.2. The SMILES string of the molecule is COc1ccccc1NC(=O)Nc1ccnn1C1CCN(C(=O)CN)CC1. The number of aromatic nitrogens is 2. The standard InChI is InChI=1S/C18H24N6O3/c1-27-15-5-3-2-4-14(15)21-18(26)22-16-6-9-20-24(16)13-7-10-23(11-8-13)17(25)12-19/h2-6,9,13H,7-8,10-12,19H2,1H3,(H2,21,22,26). The van der Waals surface area contributed by atoms with E-state index < -0.39 is 0 Å². The number of urea groups is 1. The number of para-hydroxylation sites is 2. The number of nitrogens with two attached hydrogens (primary N) is 1. The summed E-state index contributed by atoms with van der Waals surface area (Å²) in [6.45, 7) is 1.29. The maximum Gasteiger partial charge on any atom is 0.324 e. The van der Waals surface area contributed by atoms with Crippen LogP contribution in [0.25, 0.3) is 0 Å². The molecule has 3 amide bonds. The van der Waals surface area contributed by atoms with E-state index in [1.54, 1.807) is 41.1 Å². The molecule has 0 atom stereocenters. The highest BCUT2D eigenvalue weighted by Gasteiger charge is 2.25. The number of piperidine rings is 1. The number of hydrogen-bond acceptors (Lipinski definition) is 5. The van der Waals surface area contributed by atoms with E-state index >= 15 is 0 Å². The molecule has 2 heterocycles. The number of amides is 3. The lowest BCUT2D eigenvalue weighted by atomic mass is 10.1. The number of methoxy groups -OCH3 is 1. The van der Waals surface area contributed by atoms with Crippen molar-refractivity contribution in [3.8, 4) is 5.75 Å². The molecule has 1 aliphatic heterocycles. The third kappa shape index (κ3) is 4.37. The number of carbonyl (C=O) groups excluding carboxylic acids is 2. The lowest BCUT2D eigenvalue weighted by Crippen LogP contribution is -2.42. The summed E-state index contributed by atoms with van der Waals surface area (Å²) in [5.41, 5.74) is 6.00. The molecule has 9 nitrogen and oxygen atoms in total. The first-order chi connectivity index (χ1) is 13.1. The number of anilines is 2. The van der Waals surface area contributed by atoms with E-state index in [-0.39, 0.29) is 24.5 Å². The molecule has 1 aromatic carbocycles. The van der Waals surface area contributed by atoms with Gasteiger partial charge < -0.3 is 20.7 Å². The summed E-state index contributed by atoms with van der Waals surface area (Å²) in [5.74, 6) is 1.15. The highest BCUT2D eigenvalue weighted by atomic mass is 16.5. The van der Waals surface area contributed by atoms with Gasteiger partial charge >= 0.3 is 6.03 Å². The second-order valence-corrected chi connectivity index (χ2v) is 6.26. The summed E-state index contributed by atoms with van der Waals surface area (Å²) < 4.78 is 7.04. The Morgan fingerprint density at radius 2 is 1.96 bits per heavy atom. The monoisotopic (exact) mass is 372 g/mol. The summed E-state index contributed by atoms with van der Waals surface area (Å²) in [5, 5.41) is 9.95. The number of carbonyl (C=O) groups is 2. The van der Waals surface area contributed by atoms with Crippen LogP contribution in [0.1, 0.15) is 18.9 Å². The molecule has 27 heavy (non-hydrogen) atoms. The number of hydrogen-bond donors (Lipinski definition) is 3. The summed E-state index contributed by atoms with van der Waals surface area (Å²) >= 11 is 0. The Morgan fingerprint density at radius 3 is 2.67 bits per heavy atom. The van der Waals surface area contributed by atoms with E-state index in [2.05, 4.69) is 15.7 Å². The normalized spacial score (nSPS) is 14.7. The third-order valence-corrected chi connectivity index (χ3v) is 4.60. The Balaban J connectivity index is 1.62. The summed E-state index contributed by atoms with van der Waals surface area (Å²) in [6, 6.07) is 8.67. The molecule has 0 saturated carbocycles. The Morgan fingerprint density at radius 1 is 1.22 bits per heavy atom. The van der Waals surface area contributed by atoms with E-state index in [9.17, 15) is 9.59 Å². The number of nitrogens with one attached hydrogen (secondary N) is 2. The molecule has 3 rings (SSSR count). The minimum atomic E-state index is -0.378. The summed E-state index contributed by atoms with van der Waals surface area (Å²) in [4.78, 5) is 25.8. The molecule has 4 N–H and O–H groups in total. The van der Waals surface area contributed by atoms with Crippen LogP contribution in [0, 0.1) is 0 Å². The van der Waals surface area contributed by atoms with E-state index in [1.165, 1.54) is 0 Å². The maximum atomic E-state index is 12.4. The van der Waals surface area contributed by atoms with Gasteiger partial charge in [-0.1, -0.05) is 12.1 Å². The van der Waals surface area contributed by atoms with Crippen molar-refractivity contribution in [2.45, 2.75) is 18.9 Å². The van der Waals surface area contributed by atoms with Crippen LogP contribution >= 0.6 is 0 Å². The van der Waals surface area contributed by atoms with Crippen molar-refractivity contribution in [1.29, 1.82) is 0 Å². The van der Waals surface area contributed by atoms with Crippen LogP contribution in [-0.2, 0) is 4.79 Å². The molecule has 0 unspecified atom stereocenters. The average Bonchev–Trinajstić information content (AvgIpc) is 3.15.